The Labute approximate surface area is 114 Å². The van der Waals surface area contributed by atoms with E-state index in [1.807, 2.05) is 0 Å². The van der Waals surface area contributed by atoms with Gasteiger partial charge in [-0.1, -0.05) is 6.92 Å². The smallest absolute Gasteiger partial charge is 0.226 e. The summed E-state index contributed by atoms with van der Waals surface area (Å²) >= 11 is 0. The minimum absolute atomic E-state index is 0. The van der Waals surface area contributed by atoms with Crippen LogP contribution in [-0.4, -0.2) is 35.7 Å². The van der Waals surface area contributed by atoms with E-state index >= 15 is 0 Å². The van der Waals surface area contributed by atoms with Gasteiger partial charge in [0.05, 0.1) is 6.42 Å². The zero-order valence-electron chi connectivity index (χ0n) is 9.86. The third-order valence-corrected chi connectivity index (χ3v) is 1.96. The first kappa shape index (κ1) is 18.6. The van der Waals surface area contributed by atoms with Gasteiger partial charge in [-0.25, -0.2) is 0 Å². The van der Waals surface area contributed by atoms with Crippen LogP contribution in [0.1, 0.15) is 19.0 Å². The van der Waals surface area contributed by atoms with E-state index in [0.29, 0.717) is 13.0 Å². The van der Waals surface area contributed by atoms with Gasteiger partial charge in [0, 0.05) is 25.0 Å². The van der Waals surface area contributed by atoms with Crippen LogP contribution in [-0.2, 0) is 11.2 Å². The van der Waals surface area contributed by atoms with Crippen LogP contribution < -0.4 is 10.6 Å². The highest BCUT2D eigenvalue weighted by Crippen LogP contribution is 1.91. The van der Waals surface area contributed by atoms with Crippen molar-refractivity contribution in [3.8, 4) is 0 Å². The van der Waals surface area contributed by atoms with Crippen molar-refractivity contribution in [3.63, 3.8) is 0 Å². The van der Waals surface area contributed by atoms with E-state index in [-0.39, 0.29) is 30.7 Å². The molecule has 1 aromatic rings. The number of carbonyl (C=O) groups excluding carboxylic acids is 1. The standard InChI is InChI=1S/C10H18N4O.2ClH/c1-2-4-11-6-7-12-10(15)8-9-3-5-13-14-9;;/h3,5,11H,2,4,6-8H2,1H3,(H,12,15)(H,13,14);2*1H. The Morgan fingerprint density at radius 1 is 1.35 bits per heavy atom. The summed E-state index contributed by atoms with van der Waals surface area (Å²) in [6.45, 7) is 4.61. The molecule has 1 heterocycles. The number of amides is 1. The van der Waals surface area contributed by atoms with Crippen molar-refractivity contribution in [2.24, 2.45) is 0 Å². The molecule has 100 valence electrons. The number of nitrogens with one attached hydrogen (secondary N) is 3. The van der Waals surface area contributed by atoms with Crippen LogP contribution in [0.25, 0.3) is 0 Å². The van der Waals surface area contributed by atoms with E-state index in [1.54, 1.807) is 12.3 Å². The zero-order valence-corrected chi connectivity index (χ0v) is 11.5. The number of nitrogens with zero attached hydrogens (tertiary/aromatic N) is 1. The average Bonchev–Trinajstić information content (AvgIpc) is 2.70. The zero-order chi connectivity index (χ0) is 10.9. The van der Waals surface area contributed by atoms with E-state index in [4.69, 9.17) is 0 Å². The van der Waals surface area contributed by atoms with E-state index in [0.717, 1.165) is 25.2 Å². The molecule has 1 amide bonds. The summed E-state index contributed by atoms with van der Waals surface area (Å²) < 4.78 is 0. The summed E-state index contributed by atoms with van der Waals surface area (Å²) in [6, 6.07) is 1.80. The number of aromatic nitrogens is 2. The number of aromatic amines is 1. The molecular weight excluding hydrogens is 263 g/mol. The Balaban J connectivity index is 0. The molecule has 0 saturated carbocycles. The highest BCUT2D eigenvalue weighted by molar-refractivity contribution is 5.85. The molecule has 0 spiro atoms. The fourth-order valence-electron chi connectivity index (χ4n) is 1.21. The SMILES string of the molecule is CCCNCCNC(=O)Cc1ccn[nH]1.Cl.Cl. The van der Waals surface area contributed by atoms with Gasteiger partial charge in [-0.15, -0.1) is 24.8 Å². The molecule has 0 unspecified atom stereocenters. The van der Waals surface area contributed by atoms with Crippen molar-refractivity contribution < 1.29 is 4.79 Å². The Morgan fingerprint density at radius 3 is 2.71 bits per heavy atom. The quantitative estimate of drug-likeness (QED) is 0.651. The molecule has 3 N–H and O–H groups in total. The van der Waals surface area contributed by atoms with E-state index in [2.05, 4.69) is 27.8 Å². The van der Waals surface area contributed by atoms with E-state index in [1.165, 1.54) is 0 Å². The molecule has 0 fully saturated rings. The van der Waals surface area contributed by atoms with Crippen LogP contribution in [0.5, 0.6) is 0 Å². The maximum absolute atomic E-state index is 11.4. The Morgan fingerprint density at radius 2 is 2.12 bits per heavy atom. The fourth-order valence-corrected chi connectivity index (χ4v) is 1.21. The van der Waals surface area contributed by atoms with Gasteiger partial charge in [0.25, 0.3) is 0 Å². The van der Waals surface area contributed by atoms with Crippen molar-refractivity contribution in [1.82, 2.24) is 20.8 Å². The van der Waals surface area contributed by atoms with Gasteiger partial charge in [-0.05, 0) is 19.0 Å². The number of rotatable bonds is 7. The van der Waals surface area contributed by atoms with Gasteiger partial charge in [-0.3, -0.25) is 9.89 Å². The van der Waals surface area contributed by atoms with Crippen LogP contribution in [0.4, 0.5) is 0 Å². The maximum atomic E-state index is 11.4. The predicted molar refractivity (Wildman–Crippen MR) is 73.0 cm³/mol. The molecule has 1 rings (SSSR count). The van der Waals surface area contributed by atoms with Gasteiger partial charge in [-0.2, -0.15) is 5.10 Å². The van der Waals surface area contributed by atoms with Crippen LogP contribution in [0.15, 0.2) is 12.3 Å². The molecule has 0 aliphatic carbocycles. The minimum atomic E-state index is 0. The first-order valence-electron chi connectivity index (χ1n) is 5.28. The van der Waals surface area contributed by atoms with Gasteiger partial charge in [0.15, 0.2) is 0 Å². The summed E-state index contributed by atoms with van der Waals surface area (Å²) in [4.78, 5) is 11.4. The van der Waals surface area contributed by atoms with Crippen LogP contribution in [0.2, 0.25) is 0 Å². The van der Waals surface area contributed by atoms with Crippen molar-refractivity contribution in [1.29, 1.82) is 0 Å². The second kappa shape index (κ2) is 11.7. The van der Waals surface area contributed by atoms with Crippen molar-refractivity contribution >= 4 is 30.7 Å². The molecule has 0 aliphatic heterocycles. The lowest BCUT2D eigenvalue weighted by atomic mass is 10.3. The molecule has 0 radical (unpaired) electrons. The molecule has 0 aromatic carbocycles. The first-order valence-corrected chi connectivity index (χ1v) is 5.28. The Hall–Kier alpha value is -0.780. The third-order valence-electron chi connectivity index (χ3n) is 1.96. The summed E-state index contributed by atoms with van der Waals surface area (Å²) in [6.07, 6.45) is 3.13. The summed E-state index contributed by atoms with van der Waals surface area (Å²) in [5, 5.41) is 12.6. The Bertz CT molecular complexity index is 280. The lowest BCUT2D eigenvalue weighted by Crippen LogP contribution is -2.33. The van der Waals surface area contributed by atoms with Crippen LogP contribution in [0, 0.1) is 0 Å². The number of halogens is 2. The number of hydrogen-bond donors (Lipinski definition) is 3. The molecule has 7 heteroatoms. The second-order valence-corrected chi connectivity index (χ2v) is 3.36. The average molecular weight is 283 g/mol. The largest absolute Gasteiger partial charge is 0.354 e. The van der Waals surface area contributed by atoms with Crippen molar-refractivity contribution in [2.75, 3.05) is 19.6 Å². The number of hydrogen-bond acceptors (Lipinski definition) is 3. The summed E-state index contributed by atoms with van der Waals surface area (Å²) in [5.41, 5.74) is 0.842. The molecule has 0 aliphatic rings. The highest BCUT2D eigenvalue weighted by Gasteiger charge is 2.02. The number of H-pyrrole nitrogens is 1. The van der Waals surface area contributed by atoms with E-state index in [9.17, 15) is 4.79 Å². The normalized spacial score (nSPS) is 9.00. The maximum Gasteiger partial charge on any atom is 0.226 e. The molecule has 1 aromatic heterocycles. The predicted octanol–water partition coefficient (Wildman–Crippen LogP) is 0.912. The van der Waals surface area contributed by atoms with Crippen molar-refractivity contribution in [2.45, 2.75) is 19.8 Å². The summed E-state index contributed by atoms with van der Waals surface area (Å²) in [7, 11) is 0. The van der Waals surface area contributed by atoms with Crippen molar-refractivity contribution in [3.05, 3.63) is 18.0 Å². The van der Waals surface area contributed by atoms with Gasteiger partial charge < -0.3 is 10.6 Å². The molecule has 5 nitrogen and oxygen atoms in total. The van der Waals surface area contributed by atoms with Gasteiger partial charge >= 0.3 is 0 Å². The number of carbonyl (C=O) groups is 1. The first-order chi connectivity index (χ1) is 7.33. The molecular formula is C10H20Cl2N4O. The lowest BCUT2D eigenvalue weighted by Gasteiger charge is -2.04. The molecule has 17 heavy (non-hydrogen) atoms. The third kappa shape index (κ3) is 8.97. The second-order valence-electron chi connectivity index (χ2n) is 3.36. The van der Waals surface area contributed by atoms with Crippen LogP contribution >= 0.6 is 24.8 Å². The topological polar surface area (TPSA) is 69.8 Å². The van der Waals surface area contributed by atoms with Crippen LogP contribution in [0.3, 0.4) is 0 Å². The van der Waals surface area contributed by atoms with Gasteiger partial charge in [0.2, 0.25) is 5.91 Å². The van der Waals surface area contributed by atoms with E-state index < -0.39 is 0 Å². The fraction of sp³-hybridized carbons (Fsp3) is 0.600. The Kier molecular flexibility index (Phi) is 12.8. The van der Waals surface area contributed by atoms with Gasteiger partial charge in [0.1, 0.15) is 0 Å². The lowest BCUT2D eigenvalue weighted by molar-refractivity contribution is -0.120. The summed E-state index contributed by atoms with van der Waals surface area (Å²) in [5.74, 6) is 0.0255. The molecule has 0 bridgehead atoms. The molecule has 0 atom stereocenters. The molecule has 0 saturated heterocycles. The minimum Gasteiger partial charge on any atom is -0.354 e. The monoisotopic (exact) mass is 282 g/mol. The highest BCUT2D eigenvalue weighted by atomic mass is 35.5.